The minimum atomic E-state index is -1.07. The molecule has 0 atom stereocenters. The molecule has 0 aliphatic carbocycles. The maximum atomic E-state index is 2.72. The molecule has 0 unspecified atom stereocenters. The monoisotopic (exact) mass is 1110 g/mol. The van der Waals surface area contributed by atoms with Gasteiger partial charge in [-0.25, -0.2) is 0 Å². The predicted molar refractivity (Wildman–Crippen MR) is 228 cm³/mol. The van der Waals surface area contributed by atoms with E-state index in [-0.39, 0.29) is 0 Å². The van der Waals surface area contributed by atoms with E-state index in [0.717, 1.165) is 9.48 Å². The fourth-order valence-electron chi connectivity index (χ4n) is 10.4. The Morgan fingerprint density at radius 2 is 0.333 bits per heavy atom. The molecule has 42 heavy (non-hydrogen) atoms. The summed E-state index contributed by atoms with van der Waals surface area (Å²) in [4.78, 5) is 0. The number of hydrogen-bond acceptors (Lipinski definition) is 0. The molecule has 0 saturated carbocycles. The van der Waals surface area contributed by atoms with Crippen molar-refractivity contribution in [1.29, 1.82) is 0 Å². The van der Waals surface area contributed by atoms with Crippen molar-refractivity contribution in [2.24, 2.45) is 0 Å². The van der Waals surface area contributed by atoms with Gasteiger partial charge >= 0.3 is 303 Å². The fraction of sp³-hybridized carbons (Fsp3) is 1.00. The Balaban J connectivity index is 0.000000420. The van der Waals surface area contributed by atoms with Crippen LogP contribution in [0.2, 0.25) is 167 Å². The first-order chi connectivity index (χ1) is 17.8. The van der Waals surface area contributed by atoms with Crippen LogP contribution >= 0.6 is 0 Å². The first kappa shape index (κ1) is 43.5. The van der Waals surface area contributed by atoms with Gasteiger partial charge in [0.1, 0.15) is 0 Å². The van der Waals surface area contributed by atoms with Gasteiger partial charge < -0.3 is 0 Å². The Hall–Kier alpha value is 3.50. The van der Waals surface area contributed by atoms with Gasteiger partial charge in [0.15, 0.2) is 0 Å². The van der Waals surface area contributed by atoms with E-state index < -0.39 is 111 Å². The Bertz CT molecular complexity index is 727. The van der Waals surface area contributed by atoms with Gasteiger partial charge in [-0.2, -0.15) is 0 Å². The molecule has 2 radical (unpaired) electrons. The minimum absolute atomic E-state index is 0.498. The standard InChI is InChI=1S/2C16H40Si4.2Bi/c2*1-17(2,3)15(18(4,5)6)13-14-16(19(7,8)9)20(10,11)12;;/h2*13-14H2,1-12H3;;. The third-order valence-corrected chi connectivity index (χ3v) is 132. The Labute approximate surface area is 299 Å². The second-order valence-corrected chi connectivity index (χ2v) is 94.8. The Morgan fingerprint density at radius 3 is 0.381 bits per heavy atom. The number of hydrogen-bond donors (Lipinski definition) is 0. The van der Waals surface area contributed by atoms with Gasteiger partial charge in [0.2, 0.25) is 0 Å². The molecule has 2 aliphatic heterocycles. The van der Waals surface area contributed by atoms with Crippen LogP contribution < -0.4 is 0 Å². The van der Waals surface area contributed by atoms with E-state index >= 15 is 0 Å². The quantitative estimate of drug-likeness (QED) is 0.213. The van der Waals surface area contributed by atoms with E-state index in [4.69, 9.17) is 0 Å². The molecule has 0 aromatic heterocycles. The summed E-state index contributed by atoms with van der Waals surface area (Å²) in [6.45, 7) is 65.3. The van der Waals surface area contributed by atoms with Gasteiger partial charge in [0.25, 0.3) is 0 Å². The van der Waals surface area contributed by atoms with Crippen LogP contribution in [-0.4, -0.2) is 111 Å². The molecule has 10 heteroatoms. The van der Waals surface area contributed by atoms with Crippen LogP contribution in [0.15, 0.2) is 0 Å². The van der Waals surface area contributed by atoms with Crippen LogP contribution in [0.1, 0.15) is 25.7 Å². The normalized spacial score (nSPS) is 23.4. The van der Waals surface area contributed by atoms with Gasteiger partial charge in [-0.05, 0) is 0 Å². The maximum absolute atomic E-state index is 2.72. The van der Waals surface area contributed by atoms with Crippen molar-refractivity contribution in [2.45, 2.75) is 192 Å². The summed E-state index contributed by atoms with van der Waals surface area (Å²) >= 11 is -0.997. The molecule has 0 bridgehead atoms. The fourth-order valence-corrected chi connectivity index (χ4v) is 117. The zero-order valence-corrected chi connectivity index (χ0v) is 48.7. The average Bonchev–Trinajstić information content (AvgIpc) is 3.29. The van der Waals surface area contributed by atoms with Crippen LogP contribution in [0.4, 0.5) is 0 Å². The van der Waals surface area contributed by atoms with Crippen molar-refractivity contribution in [3.8, 4) is 0 Å². The van der Waals surface area contributed by atoms with E-state index in [1.54, 1.807) is 25.7 Å². The zero-order chi connectivity index (χ0) is 34.2. The average molecular weight is 1110 g/mol. The van der Waals surface area contributed by atoms with E-state index in [1.807, 2.05) is 0 Å². The zero-order valence-electron chi connectivity index (χ0n) is 33.7. The van der Waals surface area contributed by atoms with E-state index in [9.17, 15) is 0 Å². The molecule has 0 aromatic rings. The molecule has 0 N–H and O–H groups in total. The molecule has 0 nitrogen and oxygen atoms in total. The molecule has 2 saturated heterocycles. The van der Waals surface area contributed by atoms with E-state index in [0.29, 0.717) is 0 Å². The second-order valence-electron chi connectivity index (χ2n) is 22.7. The molecule has 0 amide bonds. The molecular formula is C32H80Bi2Si8. The Morgan fingerprint density at radius 1 is 0.238 bits per heavy atom. The third kappa shape index (κ3) is 7.63. The van der Waals surface area contributed by atoms with Crippen molar-refractivity contribution in [3.63, 3.8) is 0 Å². The molecule has 0 spiro atoms. The van der Waals surface area contributed by atoms with Gasteiger partial charge in [-0.1, -0.05) is 0 Å². The molecule has 2 heterocycles. The van der Waals surface area contributed by atoms with Crippen LogP contribution in [-0.2, 0) is 0 Å². The van der Waals surface area contributed by atoms with Crippen LogP contribution in [0.5, 0.6) is 0 Å². The van der Waals surface area contributed by atoms with Crippen LogP contribution in [0, 0.1) is 0 Å². The van der Waals surface area contributed by atoms with Crippen molar-refractivity contribution < 1.29 is 0 Å². The first-order valence-electron chi connectivity index (χ1n) is 17.3. The van der Waals surface area contributed by atoms with Crippen molar-refractivity contribution in [2.75, 3.05) is 0 Å². The van der Waals surface area contributed by atoms with Gasteiger partial charge in [-0.3, -0.25) is 0 Å². The molecule has 2 aliphatic rings. The van der Waals surface area contributed by atoms with Crippen molar-refractivity contribution >= 4 is 111 Å². The first-order valence-corrected chi connectivity index (χ1v) is 52.3. The Kier molecular flexibility index (Phi) is 13.1. The van der Waals surface area contributed by atoms with E-state index in [2.05, 4.69) is 157 Å². The SMILES string of the molecule is C[Si](C)(C)[C]1([Si](C)(C)C)CC[C]([Si](C)(C)C)([Si](C)(C)C)[Bi]1.C[Si](C)(C)[C]1([Si](C)(C)C)CC[C]([Si](C)(C)C)([Si](C)(C)C)[Bi]1. The van der Waals surface area contributed by atoms with Crippen molar-refractivity contribution in [1.82, 2.24) is 0 Å². The van der Waals surface area contributed by atoms with Gasteiger partial charge in [0, 0.05) is 0 Å². The molecule has 250 valence electrons. The van der Waals surface area contributed by atoms with E-state index in [1.165, 1.54) is 0 Å². The summed E-state index contributed by atoms with van der Waals surface area (Å²) in [5.74, 6) is 0. The second kappa shape index (κ2) is 12.7. The van der Waals surface area contributed by atoms with Crippen LogP contribution in [0.25, 0.3) is 0 Å². The summed E-state index contributed by atoms with van der Waals surface area (Å²) < 4.78 is 3.78. The third-order valence-electron chi connectivity index (χ3n) is 12.4. The van der Waals surface area contributed by atoms with Crippen LogP contribution in [0.3, 0.4) is 0 Å². The summed E-state index contributed by atoms with van der Waals surface area (Å²) in [5, 5.41) is 0. The van der Waals surface area contributed by atoms with Gasteiger partial charge in [-0.15, -0.1) is 0 Å². The van der Waals surface area contributed by atoms with Crippen molar-refractivity contribution in [3.05, 3.63) is 0 Å². The summed E-state index contributed by atoms with van der Waals surface area (Å²) in [6, 6.07) is 0. The predicted octanol–water partition coefficient (Wildman–Crippen LogP) is 12.6. The summed E-state index contributed by atoms with van der Waals surface area (Å²) in [6.07, 6.45) is 6.57. The van der Waals surface area contributed by atoms with Gasteiger partial charge in [0.05, 0.1) is 0 Å². The topological polar surface area (TPSA) is 0 Å². The molecular weight excluding hydrogens is 1030 g/mol. The summed E-state index contributed by atoms with van der Waals surface area (Å²) in [5.41, 5.74) is 0. The molecule has 0 aromatic carbocycles. The number of rotatable bonds is 8. The summed E-state index contributed by atoms with van der Waals surface area (Å²) in [7, 11) is -8.56. The molecule has 2 fully saturated rings. The molecule has 2 rings (SSSR count).